The van der Waals surface area contributed by atoms with E-state index in [-0.39, 0.29) is 0 Å². The fraction of sp³-hybridized carbons (Fsp3) is 0.412. The number of nitrogens with zero attached hydrogens (tertiary/aromatic N) is 3. The average Bonchev–Trinajstić information content (AvgIpc) is 2.56. The normalized spacial score (nSPS) is 16.1. The Balaban J connectivity index is 1.62. The maximum atomic E-state index is 9.36. The van der Waals surface area contributed by atoms with Crippen molar-refractivity contribution in [3.8, 4) is 5.75 Å². The molecule has 0 amide bonds. The van der Waals surface area contributed by atoms with Crippen LogP contribution in [0.5, 0.6) is 5.75 Å². The highest BCUT2D eigenvalue weighted by Crippen LogP contribution is 2.30. The summed E-state index contributed by atoms with van der Waals surface area (Å²) < 4.78 is 0. The zero-order chi connectivity index (χ0) is 14.7. The molecule has 1 aliphatic rings. The van der Waals surface area contributed by atoms with E-state index in [1.807, 2.05) is 24.5 Å². The van der Waals surface area contributed by atoms with Gasteiger partial charge in [0.25, 0.3) is 0 Å². The van der Waals surface area contributed by atoms with Crippen molar-refractivity contribution in [3.63, 3.8) is 0 Å². The summed E-state index contributed by atoms with van der Waals surface area (Å²) in [5.74, 6) is 1.74. The van der Waals surface area contributed by atoms with E-state index in [4.69, 9.17) is 0 Å². The molecule has 110 valence electrons. The number of aromatic hydroxyl groups is 1. The van der Waals surface area contributed by atoms with Crippen molar-refractivity contribution in [3.05, 3.63) is 47.8 Å². The lowest BCUT2D eigenvalue weighted by molar-refractivity contribution is 0.472. The lowest BCUT2D eigenvalue weighted by Gasteiger charge is -2.32. The molecule has 1 aromatic carbocycles. The van der Waals surface area contributed by atoms with Gasteiger partial charge in [0.1, 0.15) is 5.75 Å². The maximum Gasteiger partial charge on any atom is 0.225 e. The van der Waals surface area contributed by atoms with Crippen molar-refractivity contribution in [1.82, 2.24) is 9.97 Å². The first-order valence-corrected chi connectivity index (χ1v) is 7.61. The third-order valence-corrected chi connectivity index (χ3v) is 4.24. The van der Waals surface area contributed by atoms with E-state index in [2.05, 4.69) is 21.8 Å². The summed E-state index contributed by atoms with van der Waals surface area (Å²) in [5, 5.41) is 9.36. The van der Waals surface area contributed by atoms with E-state index in [1.54, 1.807) is 12.1 Å². The molecule has 0 saturated carbocycles. The third kappa shape index (κ3) is 3.15. The van der Waals surface area contributed by atoms with Gasteiger partial charge in [0.05, 0.1) is 0 Å². The van der Waals surface area contributed by atoms with Gasteiger partial charge in [0, 0.05) is 25.5 Å². The second kappa shape index (κ2) is 6.12. The Morgan fingerprint density at radius 1 is 1.10 bits per heavy atom. The number of hydrogen-bond donors (Lipinski definition) is 1. The fourth-order valence-corrected chi connectivity index (χ4v) is 2.85. The minimum atomic E-state index is 0.334. The summed E-state index contributed by atoms with van der Waals surface area (Å²) in [5.41, 5.74) is 2.49. The minimum absolute atomic E-state index is 0.334. The number of phenolic OH excluding ortho intramolecular Hbond substituents is 1. The Morgan fingerprint density at radius 2 is 1.71 bits per heavy atom. The van der Waals surface area contributed by atoms with Gasteiger partial charge < -0.3 is 10.0 Å². The van der Waals surface area contributed by atoms with Crippen LogP contribution in [-0.2, 0) is 6.42 Å². The predicted molar refractivity (Wildman–Crippen MR) is 83.7 cm³/mol. The van der Waals surface area contributed by atoms with Crippen LogP contribution in [-0.4, -0.2) is 28.2 Å². The van der Waals surface area contributed by atoms with Crippen molar-refractivity contribution >= 4 is 5.95 Å². The largest absolute Gasteiger partial charge is 0.508 e. The molecule has 3 rings (SSSR count). The maximum absolute atomic E-state index is 9.36. The smallest absolute Gasteiger partial charge is 0.225 e. The number of aryl methyl sites for hydroxylation is 1. The van der Waals surface area contributed by atoms with Gasteiger partial charge in [0.2, 0.25) is 5.95 Å². The van der Waals surface area contributed by atoms with Gasteiger partial charge in [-0.15, -0.1) is 0 Å². The van der Waals surface area contributed by atoms with Gasteiger partial charge in [-0.2, -0.15) is 0 Å². The molecule has 0 unspecified atom stereocenters. The summed E-state index contributed by atoms with van der Waals surface area (Å²) in [4.78, 5) is 11.2. The number of hydrogen-bond acceptors (Lipinski definition) is 4. The van der Waals surface area contributed by atoms with Gasteiger partial charge in [-0.25, -0.2) is 9.97 Å². The van der Waals surface area contributed by atoms with Crippen LogP contribution in [0, 0.1) is 0 Å². The zero-order valence-corrected chi connectivity index (χ0v) is 12.4. The van der Waals surface area contributed by atoms with Gasteiger partial charge in [-0.3, -0.25) is 0 Å². The molecule has 0 atom stereocenters. The standard InChI is InChI=1S/C17H21N3O/c1-2-13-11-18-17(19-12-13)20-9-7-15(8-10-20)14-3-5-16(21)6-4-14/h3-6,11-12,15,21H,2,7-10H2,1H3. The SMILES string of the molecule is CCc1cnc(N2CCC(c3ccc(O)cc3)CC2)nc1. The second-order valence-corrected chi connectivity index (χ2v) is 5.60. The zero-order valence-electron chi connectivity index (χ0n) is 12.4. The van der Waals surface area contributed by atoms with E-state index < -0.39 is 0 Å². The molecule has 1 saturated heterocycles. The first-order chi connectivity index (χ1) is 10.3. The highest BCUT2D eigenvalue weighted by atomic mass is 16.3. The molecule has 1 fully saturated rings. The molecule has 0 radical (unpaired) electrons. The summed E-state index contributed by atoms with van der Waals surface area (Å²) in [7, 11) is 0. The monoisotopic (exact) mass is 283 g/mol. The molecule has 0 spiro atoms. The summed E-state index contributed by atoms with van der Waals surface area (Å²) in [6.45, 7) is 4.08. The molecular formula is C17H21N3O. The molecule has 4 nitrogen and oxygen atoms in total. The van der Waals surface area contributed by atoms with Gasteiger partial charge in [-0.05, 0) is 48.4 Å². The molecule has 21 heavy (non-hydrogen) atoms. The van der Waals surface area contributed by atoms with Crippen molar-refractivity contribution in [2.24, 2.45) is 0 Å². The topological polar surface area (TPSA) is 49.2 Å². The van der Waals surface area contributed by atoms with Gasteiger partial charge >= 0.3 is 0 Å². The van der Waals surface area contributed by atoms with Crippen molar-refractivity contribution in [2.75, 3.05) is 18.0 Å². The molecule has 2 heterocycles. The molecule has 4 heteroatoms. The number of piperidine rings is 1. The number of rotatable bonds is 3. The number of benzene rings is 1. The van der Waals surface area contributed by atoms with Crippen LogP contribution in [0.1, 0.15) is 36.8 Å². The molecule has 1 aliphatic heterocycles. The van der Waals surface area contributed by atoms with Crippen LogP contribution < -0.4 is 4.90 Å². The quantitative estimate of drug-likeness (QED) is 0.940. The fourth-order valence-electron chi connectivity index (χ4n) is 2.85. The Labute approximate surface area is 125 Å². The van der Waals surface area contributed by atoms with E-state index in [0.717, 1.165) is 38.3 Å². The lowest BCUT2D eigenvalue weighted by Crippen LogP contribution is -2.34. The predicted octanol–water partition coefficient (Wildman–Crippen LogP) is 3.13. The highest BCUT2D eigenvalue weighted by Gasteiger charge is 2.22. The van der Waals surface area contributed by atoms with Crippen LogP contribution in [0.25, 0.3) is 0 Å². The molecule has 0 aliphatic carbocycles. The van der Waals surface area contributed by atoms with Crippen LogP contribution in [0.3, 0.4) is 0 Å². The molecule has 0 bridgehead atoms. The van der Waals surface area contributed by atoms with E-state index in [0.29, 0.717) is 11.7 Å². The van der Waals surface area contributed by atoms with Crippen molar-refractivity contribution in [2.45, 2.75) is 32.1 Å². The first kappa shape index (κ1) is 13.9. The van der Waals surface area contributed by atoms with Crippen molar-refractivity contribution < 1.29 is 5.11 Å². The van der Waals surface area contributed by atoms with Crippen LogP contribution in [0.2, 0.25) is 0 Å². The number of anilines is 1. The first-order valence-electron chi connectivity index (χ1n) is 7.61. The summed E-state index contributed by atoms with van der Waals surface area (Å²) in [6, 6.07) is 7.60. The lowest BCUT2D eigenvalue weighted by atomic mass is 9.89. The summed E-state index contributed by atoms with van der Waals surface area (Å²) >= 11 is 0. The Kier molecular flexibility index (Phi) is 4.04. The van der Waals surface area contributed by atoms with Crippen LogP contribution in [0.15, 0.2) is 36.7 Å². The van der Waals surface area contributed by atoms with Crippen molar-refractivity contribution in [1.29, 1.82) is 0 Å². The average molecular weight is 283 g/mol. The Bertz CT molecular complexity index is 572. The molecule has 2 aromatic rings. The second-order valence-electron chi connectivity index (χ2n) is 5.60. The third-order valence-electron chi connectivity index (χ3n) is 4.24. The van der Waals surface area contributed by atoms with Crippen LogP contribution in [0.4, 0.5) is 5.95 Å². The minimum Gasteiger partial charge on any atom is -0.508 e. The Morgan fingerprint density at radius 3 is 2.29 bits per heavy atom. The van der Waals surface area contributed by atoms with E-state index in [9.17, 15) is 5.11 Å². The van der Waals surface area contributed by atoms with Crippen LogP contribution >= 0.6 is 0 Å². The highest BCUT2D eigenvalue weighted by molar-refractivity contribution is 5.33. The molecule has 1 N–H and O–H groups in total. The van der Waals surface area contributed by atoms with E-state index >= 15 is 0 Å². The number of phenols is 1. The van der Waals surface area contributed by atoms with Gasteiger partial charge in [-0.1, -0.05) is 19.1 Å². The molecule has 1 aromatic heterocycles. The van der Waals surface area contributed by atoms with Gasteiger partial charge in [0.15, 0.2) is 0 Å². The molecular weight excluding hydrogens is 262 g/mol. The Hall–Kier alpha value is -2.10. The van der Waals surface area contributed by atoms with E-state index in [1.165, 1.54) is 11.1 Å². The summed E-state index contributed by atoms with van der Waals surface area (Å²) in [6.07, 6.45) is 7.03. The number of aromatic nitrogens is 2.